The van der Waals surface area contributed by atoms with Crippen LogP contribution in [-0.4, -0.2) is 6.54 Å². The molecule has 1 unspecified atom stereocenters. The van der Waals surface area contributed by atoms with Crippen molar-refractivity contribution >= 4 is 22.6 Å². The predicted octanol–water partition coefficient (Wildman–Crippen LogP) is 4.69. The molecule has 0 saturated heterocycles. The van der Waals surface area contributed by atoms with Gasteiger partial charge in [-0.1, -0.05) is 43.3 Å². The molecular weight excluding hydrogens is 345 g/mol. The number of halogens is 1. The van der Waals surface area contributed by atoms with Crippen molar-refractivity contribution in [1.29, 1.82) is 0 Å². The van der Waals surface area contributed by atoms with Crippen LogP contribution in [0.3, 0.4) is 0 Å². The second kappa shape index (κ2) is 7.06. The normalized spacial score (nSPS) is 12.4. The van der Waals surface area contributed by atoms with Gasteiger partial charge in [0.15, 0.2) is 0 Å². The molecule has 0 fully saturated rings. The Balaban J connectivity index is 2.35. The number of nitrogens with one attached hydrogen (secondary N) is 1. The fraction of sp³-hybridized carbons (Fsp3) is 0.294. The third-order valence-electron chi connectivity index (χ3n) is 3.30. The lowest BCUT2D eigenvalue weighted by Gasteiger charge is -2.21. The number of benzene rings is 2. The molecule has 1 atom stereocenters. The van der Waals surface area contributed by atoms with Gasteiger partial charge in [-0.2, -0.15) is 0 Å². The van der Waals surface area contributed by atoms with E-state index in [1.807, 2.05) is 0 Å². The maximum atomic E-state index is 3.66. The highest BCUT2D eigenvalue weighted by molar-refractivity contribution is 14.1. The lowest BCUT2D eigenvalue weighted by atomic mass is 9.95. The molecule has 0 heterocycles. The molecule has 0 aliphatic heterocycles. The molecule has 0 aliphatic carbocycles. The van der Waals surface area contributed by atoms with Crippen molar-refractivity contribution in [2.75, 3.05) is 6.54 Å². The quantitative estimate of drug-likeness (QED) is 0.759. The third kappa shape index (κ3) is 3.80. The van der Waals surface area contributed by atoms with Gasteiger partial charge in [0.05, 0.1) is 6.04 Å². The van der Waals surface area contributed by atoms with Crippen LogP contribution in [0, 0.1) is 10.5 Å². The first-order valence-corrected chi connectivity index (χ1v) is 7.84. The molecule has 0 aromatic heterocycles. The molecule has 0 bridgehead atoms. The van der Waals surface area contributed by atoms with Crippen LogP contribution >= 0.6 is 22.6 Å². The van der Waals surface area contributed by atoms with E-state index >= 15 is 0 Å². The zero-order chi connectivity index (χ0) is 13.7. The summed E-state index contributed by atoms with van der Waals surface area (Å²) in [5.74, 6) is 0. The summed E-state index contributed by atoms with van der Waals surface area (Å²) in [6, 6.07) is 17.7. The summed E-state index contributed by atoms with van der Waals surface area (Å²) in [5, 5.41) is 3.66. The number of aryl methyl sites for hydroxylation is 1. The smallest absolute Gasteiger partial charge is 0.0579 e. The Morgan fingerprint density at radius 2 is 1.74 bits per heavy atom. The number of rotatable bonds is 5. The van der Waals surface area contributed by atoms with Crippen LogP contribution in [0.5, 0.6) is 0 Å². The summed E-state index contributed by atoms with van der Waals surface area (Å²) >= 11 is 2.35. The third-order valence-corrected chi connectivity index (χ3v) is 4.02. The van der Waals surface area contributed by atoms with E-state index in [1.54, 1.807) is 0 Å². The summed E-state index contributed by atoms with van der Waals surface area (Å²) in [7, 11) is 0. The molecule has 1 nitrogen and oxygen atoms in total. The van der Waals surface area contributed by atoms with Crippen molar-refractivity contribution in [3.8, 4) is 0 Å². The van der Waals surface area contributed by atoms with Crippen molar-refractivity contribution in [3.05, 3.63) is 68.8 Å². The van der Waals surface area contributed by atoms with Gasteiger partial charge in [-0.3, -0.25) is 0 Å². The summed E-state index contributed by atoms with van der Waals surface area (Å²) in [6.07, 6.45) is 1.15. The molecule has 0 aliphatic rings. The molecule has 0 saturated carbocycles. The second-order valence-electron chi connectivity index (χ2n) is 4.80. The highest BCUT2D eigenvalue weighted by Gasteiger charge is 2.14. The highest BCUT2D eigenvalue weighted by Crippen LogP contribution is 2.25. The van der Waals surface area contributed by atoms with Crippen LogP contribution in [0.1, 0.15) is 36.1 Å². The molecule has 2 aromatic rings. The van der Waals surface area contributed by atoms with Crippen LogP contribution in [0.25, 0.3) is 0 Å². The van der Waals surface area contributed by atoms with E-state index in [9.17, 15) is 0 Å². The lowest BCUT2D eigenvalue weighted by molar-refractivity contribution is 0.596. The minimum absolute atomic E-state index is 0.290. The van der Waals surface area contributed by atoms with Gasteiger partial charge in [-0.25, -0.2) is 0 Å². The van der Waals surface area contributed by atoms with Gasteiger partial charge in [-0.15, -0.1) is 0 Å². The molecule has 100 valence electrons. The van der Waals surface area contributed by atoms with Crippen LogP contribution in [0.4, 0.5) is 0 Å². The van der Waals surface area contributed by atoms with Crippen LogP contribution in [-0.2, 0) is 0 Å². The molecule has 2 aromatic carbocycles. The van der Waals surface area contributed by atoms with Crippen LogP contribution in [0.15, 0.2) is 48.5 Å². The Morgan fingerprint density at radius 1 is 1.05 bits per heavy atom. The Labute approximate surface area is 129 Å². The fourth-order valence-electron chi connectivity index (χ4n) is 2.26. The van der Waals surface area contributed by atoms with E-state index in [4.69, 9.17) is 0 Å². The van der Waals surface area contributed by atoms with Gasteiger partial charge in [0.1, 0.15) is 0 Å². The largest absolute Gasteiger partial charge is 0.306 e. The summed E-state index contributed by atoms with van der Waals surface area (Å²) in [6.45, 7) is 5.42. The SMILES string of the molecule is CCCNC(c1ccc(I)cc1)c1ccccc1C. The Bertz CT molecular complexity index is 519. The lowest BCUT2D eigenvalue weighted by Crippen LogP contribution is -2.23. The summed E-state index contributed by atoms with van der Waals surface area (Å²) in [4.78, 5) is 0. The van der Waals surface area contributed by atoms with Crippen LogP contribution in [0.2, 0.25) is 0 Å². The number of hydrogen-bond acceptors (Lipinski definition) is 1. The van der Waals surface area contributed by atoms with E-state index in [2.05, 4.69) is 90.3 Å². The number of hydrogen-bond donors (Lipinski definition) is 1. The van der Waals surface area contributed by atoms with Gasteiger partial charge in [0.2, 0.25) is 0 Å². The predicted molar refractivity (Wildman–Crippen MR) is 90.5 cm³/mol. The van der Waals surface area contributed by atoms with E-state index in [0.717, 1.165) is 13.0 Å². The zero-order valence-electron chi connectivity index (χ0n) is 11.5. The van der Waals surface area contributed by atoms with E-state index in [0.29, 0.717) is 0 Å². The summed E-state index contributed by atoms with van der Waals surface area (Å²) < 4.78 is 1.28. The topological polar surface area (TPSA) is 12.0 Å². The standard InChI is InChI=1S/C17H20IN/c1-3-12-19-17(14-8-10-15(18)11-9-14)16-7-5-4-6-13(16)2/h4-11,17,19H,3,12H2,1-2H3. The fourth-order valence-corrected chi connectivity index (χ4v) is 2.62. The average molecular weight is 365 g/mol. The van der Waals surface area contributed by atoms with Gasteiger partial charge >= 0.3 is 0 Å². The summed E-state index contributed by atoms with van der Waals surface area (Å²) in [5.41, 5.74) is 4.05. The maximum absolute atomic E-state index is 3.66. The molecule has 0 amide bonds. The zero-order valence-corrected chi connectivity index (χ0v) is 13.6. The molecule has 1 N–H and O–H groups in total. The molecule has 2 heteroatoms. The first kappa shape index (κ1) is 14.5. The van der Waals surface area contributed by atoms with Gasteiger partial charge in [0.25, 0.3) is 0 Å². The monoisotopic (exact) mass is 365 g/mol. The Hall–Kier alpha value is -0.870. The Morgan fingerprint density at radius 3 is 2.37 bits per heavy atom. The van der Waals surface area contributed by atoms with Crippen LogP contribution < -0.4 is 5.32 Å². The minimum atomic E-state index is 0.290. The molecule has 19 heavy (non-hydrogen) atoms. The van der Waals surface area contributed by atoms with E-state index in [-0.39, 0.29) is 6.04 Å². The first-order chi connectivity index (χ1) is 9.22. The van der Waals surface area contributed by atoms with Crippen molar-refractivity contribution in [3.63, 3.8) is 0 Å². The van der Waals surface area contributed by atoms with E-state index < -0.39 is 0 Å². The van der Waals surface area contributed by atoms with E-state index in [1.165, 1.54) is 20.3 Å². The Kier molecular flexibility index (Phi) is 5.40. The van der Waals surface area contributed by atoms with Crippen molar-refractivity contribution in [2.45, 2.75) is 26.3 Å². The molecule has 0 radical (unpaired) electrons. The molecule has 2 rings (SSSR count). The minimum Gasteiger partial charge on any atom is -0.306 e. The van der Waals surface area contributed by atoms with Crippen molar-refractivity contribution in [2.24, 2.45) is 0 Å². The molecule has 0 spiro atoms. The average Bonchev–Trinajstić information content (AvgIpc) is 2.43. The van der Waals surface area contributed by atoms with Gasteiger partial charge in [0, 0.05) is 3.57 Å². The van der Waals surface area contributed by atoms with Crippen molar-refractivity contribution < 1.29 is 0 Å². The van der Waals surface area contributed by atoms with Gasteiger partial charge in [-0.05, 0) is 71.3 Å². The highest BCUT2D eigenvalue weighted by atomic mass is 127. The van der Waals surface area contributed by atoms with Gasteiger partial charge < -0.3 is 5.32 Å². The molecular formula is C17H20IN. The maximum Gasteiger partial charge on any atom is 0.0579 e. The van der Waals surface area contributed by atoms with Crippen molar-refractivity contribution in [1.82, 2.24) is 5.32 Å². The first-order valence-electron chi connectivity index (χ1n) is 6.76. The second-order valence-corrected chi connectivity index (χ2v) is 6.04.